The Morgan fingerprint density at radius 2 is 1.59 bits per heavy atom. The van der Waals surface area contributed by atoms with Crippen molar-refractivity contribution in [2.24, 2.45) is 5.92 Å². The lowest BCUT2D eigenvalue weighted by molar-refractivity contribution is -0.145. The first-order valence-electron chi connectivity index (χ1n) is 9.72. The quantitative estimate of drug-likeness (QED) is 0.737. The second-order valence-electron chi connectivity index (χ2n) is 8.16. The molecule has 1 amide bonds. The van der Waals surface area contributed by atoms with Crippen molar-refractivity contribution in [3.05, 3.63) is 59.7 Å². The molecular formula is C23H27NO5. The van der Waals surface area contributed by atoms with E-state index in [-0.39, 0.29) is 25.7 Å². The number of hydrogen-bond donors (Lipinski definition) is 2. The largest absolute Gasteiger partial charge is 0.481 e. The highest BCUT2D eigenvalue weighted by Gasteiger charge is 2.29. The molecule has 0 aromatic heterocycles. The van der Waals surface area contributed by atoms with Gasteiger partial charge in [-0.15, -0.1) is 0 Å². The average molecular weight is 397 g/mol. The second-order valence-corrected chi connectivity index (χ2v) is 8.16. The maximum atomic E-state index is 12.2. The molecule has 1 atom stereocenters. The van der Waals surface area contributed by atoms with E-state index < -0.39 is 23.6 Å². The van der Waals surface area contributed by atoms with Crippen LogP contribution in [0.4, 0.5) is 4.79 Å². The van der Waals surface area contributed by atoms with Crippen molar-refractivity contribution in [1.29, 1.82) is 0 Å². The first kappa shape index (κ1) is 20.9. The summed E-state index contributed by atoms with van der Waals surface area (Å²) in [4.78, 5) is 23.6. The van der Waals surface area contributed by atoms with Crippen LogP contribution >= 0.6 is 0 Å². The molecule has 29 heavy (non-hydrogen) atoms. The monoisotopic (exact) mass is 397 g/mol. The highest BCUT2D eigenvalue weighted by atomic mass is 16.5. The second kappa shape index (κ2) is 8.66. The first-order valence-corrected chi connectivity index (χ1v) is 9.72. The molecule has 154 valence electrons. The number of carbonyl (C=O) groups excluding carboxylic acids is 1. The predicted molar refractivity (Wildman–Crippen MR) is 110 cm³/mol. The predicted octanol–water partition coefficient (Wildman–Crippen LogP) is 4.04. The number of ether oxygens (including phenoxy) is 2. The van der Waals surface area contributed by atoms with Crippen LogP contribution in [0.2, 0.25) is 0 Å². The van der Waals surface area contributed by atoms with Crippen LogP contribution < -0.4 is 5.32 Å². The van der Waals surface area contributed by atoms with Gasteiger partial charge in [-0.2, -0.15) is 0 Å². The van der Waals surface area contributed by atoms with Crippen LogP contribution in [0.5, 0.6) is 0 Å². The van der Waals surface area contributed by atoms with E-state index in [0.717, 1.165) is 22.3 Å². The zero-order valence-electron chi connectivity index (χ0n) is 17.0. The van der Waals surface area contributed by atoms with Crippen molar-refractivity contribution in [2.45, 2.75) is 32.3 Å². The van der Waals surface area contributed by atoms with Crippen LogP contribution in [0.1, 0.15) is 37.8 Å². The molecule has 0 radical (unpaired) electrons. The SMILES string of the molecule is CC(C)(C)OCC(CNC(=O)OCC1c2ccccc2-c2ccccc21)C(=O)O. The summed E-state index contributed by atoms with van der Waals surface area (Å²) in [6.07, 6.45) is -0.631. The van der Waals surface area contributed by atoms with Gasteiger partial charge in [-0.25, -0.2) is 4.79 Å². The van der Waals surface area contributed by atoms with Gasteiger partial charge in [-0.3, -0.25) is 4.79 Å². The number of carboxylic acid groups (broad SMARTS) is 1. The molecule has 0 saturated heterocycles. The summed E-state index contributed by atoms with van der Waals surface area (Å²) < 4.78 is 11.0. The van der Waals surface area contributed by atoms with Gasteiger partial charge in [-0.05, 0) is 43.0 Å². The van der Waals surface area contributed by atoms with E-state index >= 15 is 0 Å². The molecule has 0 fully saturated rings. The normalized spacial score (nSPS) is 14.0. The summed E-state index contributed by atoms with van der Waals surface area (Å²) >= 11 is 0. The number of nitrogens with one attached hydrogen (secondary N) is 1. The van der Waals surface area contributed by atoms with E-state index in [2.05, 4.69) is 17.4 Å². The van der Waals surface area contributed by atoms with Crippen LogP contribution in [0, 0.1) is 5.92 Å². The van der Waals surface area contributed by atoms with Crippen molar-refractivity contribution in [3.63, 3.8) is 0 Å². The van der Waals surface area contributed by atoms with Gasteiger partial charge in [0.15, 0.2) is 0 Å². The molecule has 2 N–H and O–H groups in total. The number of alkyl carbamates (subject to hydrolysis) is 1. The van der Waals surface area contributed by atoms with Crippen molar-refractivity contribution in [1.82, 2.24) is 5.32 Å². The zero-order chi connectivity index (χ0) is 21.0. The molecular weight excluding hydrogens is 370 g/mol. The van der Waals surface area contributed by atoms with E-state index in [9.17, 15) is 14.7 Å². The number of aliphatic carboxylic acids is 1. The fourth-order valence-corrected chi connectivity index (χ4v) is 3.42. The number of benzene rings is 2. The number of fused-ring (bicyclic) bond motifs is 3. The van der Waals surface area contributed by atoms with E-state index in [0.29, 0.717) is 0 Å². The molecule has 0 heterocycles. The molecule has 3 rings (SSSR count). The van der Waals surface area contributed by atoms with E-state index in [1.54, 1.807) is 0 Å². The van der Waals surface area contributed by atoms with Crippen molar-refractivity contribution in [3.8, 4) is 11.1 Å². The van der Waals surface area contributed by atoms with Gasteiger partial charge in [0.2, 0.25) is 0 Å². The number of hydrogen-bond acceptors (Lipinski definition) is 4. The van der Waals surface area contributed by atoms with Crippen molar-refractivity contribution >= 4 is 12.1 Å². The Hall–Kier alpha value is -2.86. The van der Waals surface area contributed by atoms with Crippen molar-refractivity contribution < 1.29 is 24.2 Å². The summed E-state index contributed by atoms with van der Waals surface area (Å²) in [5.41, 5.74) is 4.12. The molecule has 2 aromatic rings. The molecule has 6 nitrogen and oxygen atoms in total. The molecule has 1 aliphatic carbocycles. The Labute approximate surface area is 170 Å². The van der Waals surface area contributed by atoms with Gasteiger partial charge in [0, 0.05) is 12.5 Å². The summed E-state index contributed by atoms with van der Waals surface area (Å²) in [6, 6.07) is 16.2. The third-order valence-electron chi connectivity index (χ3n) is 4.90. The van der Waals surface area contributed by atoms with Gasteiger partial charge >= 0.3 is 12.1 Å². The maximum absolute atomic E-state index is 12.2. The van der Waals surface area contributed by atoms with E-state index in [1.165, 1.54) is 0 Å². The average Bonchev–Trinajstić information content (AvgIpc) is 2.99. The van der Waals surface area contributed by atoms with Crippen molar-refractivity contribution in [2.75, 3.05) is 19.8 Å². The highest BCUT2D eigenvalue weighted by Crippen LogP contribution is 2.44. The molecule has 1 aliphatic rings. The smallest absolute Gasteiger partial charge is 0.407 e. The number of carboxylic acids is 1. The molecule has 1 unspecified atom stereocenters. The van der Waals surface area contributed by atoms with Crippen LogP contribution in [0.15, 0.2) is 48.5 Å². The standard InChI is InChI=1S/C23H27NO5/c1-23(2,3)29-13-15(21(25)26)12-24-22(27)28-14-20-18-10-6-4-8-16(18)17-9-5-7-11-19(17)20/h4-11,15,20H,12-14H2,1-3H3,(H,24,27)(H,25,26). The molecule has 0 spiro atoms. The third-order valence-corrected chi connectivity index (χ3v) is 4.90. The molecule has 6 heteroatoms. The third kappa shape index (κ3) is 5.15. The van der Waals surface area contributed by atoms with Crippen LogP contribution in [0.25, 0.3) is 11.1 Å². The highest BCUT2D eigenvalue weighted by molar-refractivity contribution is 5.79. The Morgan fingerprint density at radius 1 is 1.03 bits per heavy atom. The summed E-state index contributed by atoms with van der Waals surface area (Å²) in [7, 11) is 0. The summed E-state index contributed by atoms with van der Waals surface area (Å²) in [6.45, 7) is 5.71. The summed E-state index contributed by atoms with van der Waals surface area (Å²) in [5.74, 6) is -1.89. The van der Waals surface area contributed by atoms with Gasteiger partial charge in [0.05, 0.1) is 18.1 Å². The fraction of sp³-hybridized carbons (Fsp3) is 0.391. The Bertz CT molecular complexity index is 841. The minimum atomic E-state index is -1.02. The lowest BCUT2D eigenvalue weighted by atomic mass is 9.98. The van der Waals surface area contributed by atoms with Gasteiger partial charge in [0.1, 0.15) is 6.61 Å². The Morgan fingerprint density at radius 3 is 2.10 bits per heavy atom. The Kier molecular flexibility index (Phi) is 6.23. The molecule has 0 bridgehead atoms. The Balaban J connectivity index is 1.57. The van der Waals surface area contributed by atoms with E-state index in [4.69, 9.17) is 9.47 Å². The summed E-state index contributed by atoms with van der Waals surface area (Å²) in [5, 5.41) is 11.9. The topological polar surface area (TPSA) is 84.9 Å². The maximum Gasteiger partial charge on any atom is 0.407 e. The van der Waals surface area contributed by atoms with Gasteiger partial charge < -0.3 is 19.9 Å². The lowest BCUT2D eigenvalue weighted by Gasteiger charge is -2.22. The zero-order valence-corrected chi connectivity index (χ0v) is 17.0. The molecule has 0 saturated carbocycles. The van der Waals surface area contributed by atoms with Crippen LogP contribution in [-0.4, -0.2) is 42.5 Å². The van der Waals surface area contributed by atoms with Gasteiger partial charge in [-0.1, -0.05) is 48.5 Å². The fourth-order valence-electron chi connectivity index (χ4n) is 3.42. The number of rotatable bonds is 7. The number of amides is 1. The van der Waals surface area contributed by atoms with Crippen LogP contribution in [-0.2, 0) is 14.3 Å². The molecule has 0 aliphatic heterocycles. The minimum absolute atomic E-state index is 0.0164. The number of carbonyl (C=O) groups is 2. The first-order chi connectivity index (χ1) is 13.8. The lowest BCUT2D eigenvalue weighted by Crippen LogP contribution is -2.37. The van der Waals surface area contributed by atoms with Gasteiger partial charge in [0.25, 0.3) is 0 Å². The van der Waals surface area contributed by atoms with Crippen LogP contribution in [0.3, 0.4) is 0 Å². The van der Waals surface area contributed by atoms with E-state index in [1.807, 2.05) is 57.2 Å². The molecule has 2 aromatic carbocycles. The minimum Gasteiger partial charge on any atom is -0.481 e.